The van der Waals surface area contributed by atoms with Crippen molar-refractivity contribution in [3.63, 3.8) is 0 Å². The van der Waals surface area contributed by atoms with Crippen molar-refractivity contribution in [1.82, 2.24) is 30.2 Å². The van der Waals surface area contributed by atoms with Crippen molar-refractivity contribution in [1.29, 1.82) is 0 Å². The summed E-state index contributed by atoms with van der Waals surface area (Å²) in [6.45, 7) is 1.36. The molecule has 0 radical (unpaired) electrons. The molecule has 0 unspecified atom stereocenters. The first-order chi connectivity index (χ1) is 17.7. The molecule has 0 aromatic carbocycles. The van der Waals surface area contributed by atoms with Crippen LogP contribution in [0.15, 0.2) is 49.1 Å². The Morgan fingerprint density at radius 2 is 1.94 bits per heavy atom. The van der Waals surface area contributed by atoms with Crippen molar-refractivity contribution in [2.24, 2.45) is 0 Å². The highest BCUT2D eigenvalue weighted by Crippen LogP contribution is 2.41. The van der Waals surface area contributed by atoms with E-state index < -0.39 is 11.9 Å². The summed E-state index contributed by atoms with van der Waals surface area (Å²) in [4.78, 5) is 22.6. The van der Waals surface area contributed by atoms with Gasteiger partial charge in [0.15, 0.2) is 17.5 Å². The van der Waals surface area contributed by atoms with E-state index in [4.69, 9.17) is 9.97 Å². The predicted octanol–water partition coefficient (Wildman–Crippen LogP) is 3.77. The monoisotopic (exact) mass is 486 g/mol. The first-order valence-corrected chi connectivity index (χ1v) is 12.3. The maximum Gasteiger partial charge on any atom is 0.167 e. The maximum absolute atomic E-state index is 14.1. The number of piperidine rings is 1. The van der Waals surface area contributed by atoms with Gasteiger partial charge in [-0.2, -0.15) is 0 Å². The van der Waals surface area contributed by atoms with Gasteiger partial charge in [-0.15, -0.1) is 0 Å². The van der Waals surface area contributed by atoms with Crippen LogP contribution < -0.4 is 16.0 Å². The van der Waals surface area contributed by atoms with Crippen LogP contribution in [0.3, 0.4) is 0 Å². The van der Waals surface area contributed by atoms with Crippen molar-refractivity contribution in [2.75, 3.05) is 23.7 Å². The minimum Gasteiger partial charge on any atom is -0.390 e. The highest BCUT2D eigenvalue weighted by atomic mass is 19.1. The Morgan fingerprint density at radius 3 is 2.75 bits per heavy atom. The largest absolute Gasteiger partial charge is 0.390 e. The number of fused-ring (bicyclic) bond motifs is 1. The number of aliphatic hydroxyl groups is 1. The molecule has 2 fully saturated rings. The number of anilines is 3. The van der Waals surface area contributed by atoms with Crippen LogP contribution in [0.4, 0.5) is 21.8 Å². The molecule has 2 aliphatic rings. The topological polar surface area (TPSA) is 121 Å². The highest BCUT2D eigenvalue weighted by molar-refractivity contribution is 5.93. The minimum absolute atomic E-state index is 0.0955. The van der Waals surface area contributed by atoms with E-state index in [-0.39, 0.29) is 11.9 Å². The summed E-state index contributed by atoms with van der Waals surface area (Å²) < 4.78 is 14.1. The van der Waals surface area contributed by atoms with E-state index in [1.54, 1.807) is 18.5 Å². The number of β-amino-alcohol motifs (C(OH)–C–C–N with tert-alkyl or cyclic N) is 1. The number of hydrogen-bond acceptors (Lipinski definition) is 9. The summed E-state index contributed by atoms with van der Waals surface area (Å²) in [6, 6.07) is 6.33. The molecule has 1 aliphatic heterocycles. The molecule has 184 valence electrons. The molecule has 1 saturated heterocycles. The average Bonchev–Trinajstić information content (AvgIpc) is 2.86. The van der Waals surface area contributed by atoms with Crippen molar-refractivity contribution >= 4 is 28.4 Å². The molecule has 5 heterocycles. The van der Waals surface area contributed by atoms with Crippen LogP contribution in [0.2, 0.25) is 0 Å². The third-order valence-corrected chi connectivity index (χ3v) is 6.98. The molecule has 2 atom stereocenters. The van der Waals surface area contributed by atoms with Gasteiger partial charge in [-0.1, -0.05) is 6.42 Å². The molecule has 9 nitrogen and oxygen atoms in total. The average molecular weight is 487 g/mol. The smallest absolute Gasteiger partial charge is 0.167 e. The lowest BCUT2D eigenvalue weighted by molar-refractivity contribution is 0.128. The van der Waals surface area contributed by atoms with Crippen molar-refractivity contribution < 1.29 is 9.50 Å². The van der Waals surface area contributed by atoms with Gasteiger partial charge in [-0.25, -0.2) is 24.3 Å². The Balaban J connectivity index is 1.42. The molecule has 36 heavy (non-hydrogen) atoms. The lowest BCUT2D eigenvalue weighted by atomic mass is 9.79. The van der Waals surface area contributed by atoms with E-state index in [2.05, 4.69) is 30.9 Å². The molecule has 0 amide bonds. The molecular weight excluding hydrogens is 459 g/mol. The van der Waals surface area contributed by atoms with E-state index in [1.165, 1.54) is 24.8 Å². The molecule has 1 saturated carbocycles. The Labute approximate surface area is 207 Å². The number of nitrogens with one attached hydrogen (secondary N) is 3. The van der Waals surface area contributed by atoms with Crippen LogP contribution in [0.5, 0.6) is 0 Å². The van der Waals surface area contributed by atoms with Gasteiger partial charge in [-0.3, -0.25) is 4.98 Å². The SMILES string of the molecule is O[C@@H]1CNCC[C@H]1Nc1nc(-c2ccnc(Nc3ncccc3F)c2)nc2cncc(C3CCC3)c12. The Kier molecular flexibility index (Phi) is 6.12. The Morgan fingerprint density at radius 1 is 1.03 bits per heavy atom. The van der Waals surface area contributed by atoms with Gasteiger partial charge in [0, 0.05) is 36.1 Å². The molecule has 4 aromatic heterocycles. The number of aromatic nitrogens is 5. The van der Waals surface area contributed by atoms with E-state index in [1.807, 2.05) is 12.3 Å². The zero-order valence-corrected chi connectivity index (χ0v) is 19.7. The summed E-state index contributed by atoms with van der Waals surface area (Å²) >= 11 is 0. The Hall–Kier alpha value is -3.76. The molecule has 10 heteroatoms. The predicted molar refractivity (Wildman–Crippen MR) is 136 cm³/mol. The fraction of sp³-hybridized carbons (Fsp3) is 0.346. The van der Waals surface area contributed by atoms with Gasteiger partial charge >= 0.3 is 0 Å². The molecule has 1 aliphatic carbocycles. The second kappa shape index (κ2) is 9.71. The van der Waals surface area contributed by atoms with Gasteiger partial charge in [-0.05, 0) is 61.6 Å². The zero-order valence-electron chi connectivity index (χ0n) is 19.7. The van der Waals surface area contributed by atoms with Crippen molar-refractivity contribution in [3.8, 4) is 11.4 Å². The lowest BCUT2D eigenvalue weighted by Gasteiger charge is -2.31. The van der Waals surface area contributed by atoms with Gasteiger partial charge in [0.25, 0.3) is 0 Å². The number of pyridine rings is 3. The molecule has 0 spiro atoms. The van der Waals surface area contributed by atoms with Crippen LogP contribution >= 0.6 is 0 Å². The summed E-state index contributed by atoms with van der Waals surface area (Å²) in [5.41, 5.74) is 2.62. The Bertz CT molecular complexity index is 1400. The van der Waals surface area contributed by atoms with Gasteiger partial charge in [0.1, 0.15) is 11.6 Å². The zero-order chi connectivity index (χ0) is 24.5. The molecule has 4 aromatic rings. The summed E-state index contributed by atoms with van der Waals surface area (Å²) in [5.74, 6) is 1.70. The maximum atomic E-state index is 14.1. The summed E-state index contributed by atoms with van der Waals surface area (Å²) in [6.07, 6.45) is 10.5. The normalized spacial score (nSPS) is 20.2. The quantitative estimate of drug-likeness (QED) is 0.323. The van der Waals surface area contributed by atoms with Gasteiger partial charge in [0.05, 0.1) is 23.9 Å². The first-order valence-electron chi connectivity index (χ1n) is 12.3. The number of aliphatic hydroxyl groups excluding tert-OH is 1. The summed E-state index contributed by atoms with van der Waals surface area (Å²) in [5, 5.41) is 21.2. The number of halogens is 1. The molecular formula is C26H27FN8O. The van der Waals surface area contributed by atoms with Gasteiger partial charge in [0.2, 0.25) is 0 Å². The van der Waals surface area contributed by atoms with Crippen LogP contribution in [0.25, 0.3) is 22.3 Å². The van der Waals surface area contributed by atoms with Crippen LogP contribution in [-0.2, 0) is 0 Å². The fourth-order valence-electron chi connectivity index (χ4n) is 4.79. The van der Waals surface area contributed by atoms with E-state index in [0.29, 0.717) is 35.5 Å². The van der Waals surface area contributed by atoms with E-state index in [0.717, 1.165) is 42.3 Å². The van der Waals surface area contributed by atoms with Crippen molar-refractivity contribution in [3.05, 3.63) is 60.4 Å². The third kappa shape index (κ3) is 4.45. The van der Waals surface area contributed by atoms with Crippen molar-refractivity contribution in [2.45, 2.75) is 43.7 Å². The van der Waals surface area contributed by atoms with Crippen LogP contribution in [0.1, 0.15) is 37.2 Å². The molecule has 4 N–H and O–H groups in total. The van der Waals surface area contributed by atoms with E-state index in [9.17, 15) is 9.50 Å². The van der Waals surface area contributed by atoms with Crippen LogP contribution in [0, 0.1) is 5.82 Å². The second-order valence-electron chi connectivity index (χ2n) is 9.35. The third-order valence-electron chi connectivity index (χ3n) is 6.98. The highest BCUT2D eigenvalue weighted by Gasteiger charge is 2.28. The number of rotatable bonds is 6. The molecule has 6 rings (SSSR count). The summed E-state index contributed by atoms with van der Waals surface area (Å²) in [7, 11) is 0. The molecule has 0 bridgehead atoms. The van der Waals surface area contributed by atoms with E-state index >= 15 is 0 Å². The standard InChI is InChI=1S/C26H27FN8O/c27-18-5-2-8-31-25(18)34-22-11-16(6-10-30-22)24-33-20-13-29-12-17(15-3-1-4-15)23(20)26(35-24)32-19-7-9-28-14-21(19)36/h2,5-6,8,10-13,15,19,21,28,36H,1,3-4,7,9,14H2,(H,30,31,34)(H,32,33,35)/t19-,21-/m1/s1. The number of hydrogen-bond donors (Lipinski definition) is 4. The lowest BCUT2D eigenvalue weighted by Crippen LogP contribution is -2.47. The minimum atomic E-state index is -0.522. The van der Waals surface area contributed by atoms with Crippen LogP contribution in [-0.4, -0.2) is 55.3 Å². The fourth-order valence-corrected chi connectivity index (χ4v) is 4.79. The number of nitrogens with zero attached hydrogens (tertiary/aromatic N) is 5. The first kappa shape index (κ1) is 22.7. The second-order valence-corrected chi connectivity index (χ2v) is 9.35. The van der Waals surface area contributed by atoms with Gasteiger partial charge < -0.3 is 21.1 Å².